The van der Waals surface area contributed by atoms with E-state index < -0.39 is 11.7 Å². The molecule has 1 aromatic carbocycles. The molecular formula is C15H20ClN3O2. The monoisotopic (exact) mass is 309 g/mol. The Bertz CT molecular complexity index is 533. The molecule has 0 aliphatic carbocycles. The van der Waals surface area contributed by atoms with E-state index in [0.717, 1.165) is 0 Å². The number of anilines is 1. The van der Waals surface area contributed by atoms with Crippen molar-refractivity contribution >= 4 is 23.4 Å². The topological polar surface area (TPSA) is 74.2 Å². The SMILES string of the molecule is CC(C)(C)OC(=O)NCCCNc1cc(C#N)ccc1Cl. The molecule has 0 aromatic heterocycles. The summed E-state index contributed by atoms with van der Waals surface area (Å²) in [5, 5.41) is 15.2. The zero-order valence-corrected chi connectivity index (χ0v) is 13.3. The fraction of sp³-hybridized carbons (Fsp3) is 0.467. The van der Waals surface area contributed by atoms with Gasteiger partial charge < -0.3 is 15.4 Å². The number of carbonyl (C=O) groups excluding carboxylic acids is 1. The third kappa shape index (κ3) is 6.87. The molecule has 1 amide bonds. The second-order valence-corrected chi connectivity index (χ2v) is 5.92. The first-order valence-electron chi connectivity index (χ1n) is 6.72. The summed E-state index contributed by atoms with van der Waals surface area (Å²) in [6, 6.07) is 7.10. The molecule has 0 radical (unpaired) electrons. The van der Waals surface area contributed by atoms with Crippen LogP contribution in [0.3, 0.4) is 0 Å². The van der Waals surface area contributed by atoms with Gasteiger partial charge in [0.2, 0.25) is 0 Å². The van der Waals surface area contributed by atoms with Crippen LogP contribution in [0.2, 0.25) is 5.02 Å². The minimum Gasteiger partial charge on any atom is -0.444 e. The number of carbonyl (C=O) groups is 1. The molecule has 0 aliphatic rings. The fourth-order valence-corrected chi connectivity index (χ4v) is 1.73. The van der Waals surface area contributed by atoms with Crippen LogP contribution in [0, 0.1) is 11.3 Å². The van der Waals surface area contributed by atoms with Crippen LogP contribution in [-0.2, 0) is 4.74 Å². The lowest BCUT2D eigenvalue weighted by Crippen LogP contribution is -2.33. The Kier molecular flexibility index (Phi) is 6.32. The Morgan fingerprint density at radius 1 is 1.38 bits per heavy atom. The number of nitriles is 1. The maximum Gasteiger partial charge on any atom is 0.407 e. The lowest BCUT2D eigenvalue weighted by atomic mass is 10.2. The molecule has 114 valence electrons. The minimum absolute atomic E-state index is 0.424. The molecule has 0 atom stereocenters. The van der Waals surface area contributed by atoms with Crippen LogP contribution in [0.25, 0.3) is 0 Å². The largest absolute Gasteiger partial charge is 0.444 e. The van der Waals surface area contributed by atoms with Crippen molar-refractivity contribution < 1.29 is 9.53 Å². The highest BCUT2D eigenvalue weighted by Gasteiger charge is 2.15. The van der Waals surface area contributed by atoms with Gasteiger partial charge in [0.05, 0.1) is 22.3 Å². The summed E-state index contributed by atoms with van der Waals surface area (Å²) in [7, 11) is 0. The van der Waals surface area contributed by atoms with E-state index in [4.69, 9.17) is 21.6 Å². The highest BCUT2D eigenvalue weighted by atomic mass is 35.5. The number of amides is 1. The highest BCUT2D eigenvalue weighted by Crippen LogP contribution is 2.22. The van der Waals surface area contributed by atoms with Gasteiger partial charge in [-0.05, 0) is 45.4 Å². The van der Waals surface area contributed by atoms with Crippen molar-refractivity contribution in [2.24, 2.45) is 0 Å². The predicted octanol–water partition coefficient (Wildman–Crippen LogP) is 3.54. The average molecular weight is 310 g/mol. The lowest BCUT2D eigenvalue weighted by molar-refractivity contribution is 0.0528. The minimum atomic E-state index is -0.492. The smallest absolute Gasteiger partial charge is 0.407 e. The Balaban J connectivity index is 2.29. The number of hydrogen-bond acceptors (Lipinski definition) is 4. The zero-order chi connectivity index (χ0) is 15.9. The molecule has 0 aliphatic heterocycles. The maximum atomic E-state index is 11.4. The molecule has 1 rings (SSSR count). The van der Waals surface area contributed by atoms with Gasteiger partial charge in [-0.25, -0.2) is 4.79 Å². The molecule has 0 fully saturated rings. The Labute approximate surface area is 130 Å². The normalized spacial score (nSPS) is 10.6. The summed E-state index contributed by atoms with van der Waals surface area (Å²) in [6.07, 6.45) is 0.291. The predicted molar refractivity (Wildman–Crippen MR) is 83.5 cm³/mol. The Morgan fingerprint density at radius 3 is 2.71 bits per heavy atom. The van der Waals surface area contributed by atoms with E-state index in [0.29, 0.717) is 35.8 Å². The summed E-state index contributed by atoms with van der Waals surface area (Å²) < 4.78 is 5.12. The highest BCUT2D eigenvalue weighted by molar-refractivity contribution is 6.33. The first kappa shape index (κ1) is 17.1. The van der Waals surface area contributed by atoms with Crippen molar-refractivity contribution in [2.75, 3.05) is 18.4 Å². The van der Waals surface area contributed by atoms with Gasteiger partial charge in [-0.1, -0.05) is 11.6 Å². The molecule has 0 unspecified atom stereocenters. The molecule has 0 heterocycles. The zero-order valence-electron chi connectivity index (χ0n) is 12.5. The fourth-order valence-electron chi connectivity index (χ4n) is 1.55. The van der Waals surface area contributed by atoms with Crippen molar-refractivity contribution in [1.82, 2.24) is 5.32 Å². The first-order chi connectivity index (χ1) is 9.81. The van der Waals surface area contributed by atoms with E-state index in [1.165, 1.54) is 0 Å². The van der Waals surface area contributed by atoms with Crippen LogP contribution in [0.5, 0.6) is 0 Å². The molecule has 0 bridgehead atoms. The summed E-state index contributed by atoms with van der Waals surface area (Å²) in [5.74, 6) is 0. The Hall–Kier alpha value is -1.93. The van der Waals surface area contributed by atoms with Crippen LogP contribution >= 0.6 is 11.6 Å². The molecule has 0 saturated heterocycles. The maximum absolute atomic E-state index is 11.4. The quantitative estimate of drug-likeness (QED) is 0.816. The van der Waals surface area contributed by atoms with E-state index in [9.17, 15) is 4.79 Å². The van der Waals surface area contributed by atoms with Gasteiger partial charge in [0, 0.05) is 13.1 Å². The van der Waals surface area contributed by atoms with Gasteiger partial charge in [-0.2, -0.15) is 5.26 Å². The summed E-state index contributed by atoms with van der Waals surface area (Å²) in [4.78, 5) is 11.4. The van der Waals surface area contributed by atoms with Gasteiger partial charge in [0.25, 0.3) is 0 Å². The number of nitrogens with one attached hydrogen (secondary N) is 2. The van der Waals surface area contributed by atoms with E-state index in [2.05, 4.69) is 16.7 Å². The molecule has 0 spiro atoms. The third-order valence-corrected chi connectivity index (χ3v) is 2.76. The number of alkyl carbamates (subject to hydrolysis) is 1. The molecule has 2 N–H and O–H groups in total. The molecule has 0 saturated carbocycles. The van der Waals surface area contributed by atoms with Crippen molar-refractivity contribution in [1.29, 1.82) is 5.26 Å². The van der Waals surface area contributed by atoms with Crippen molar-refractivity contribution in [2.45, 2.75) is 32.8 Å². The van der Waals surface area contributed by atoms with Crippen LogP contribution in [0.1, 0.15) is 32.8 Å². The van der Waals surface area contributed by atoms with Crippen LogP contribution in [-0.4, -0.2) is 24.8 Å². The van der Waals surface area contributed by atoms with Crippen LogP contribution in [0.4, 0.5) is 10.5 Å². The third-order valence-electron chi connectivity index (χ3n) is 2.43. The molecule has 21 heavy (non-hydrogen) atoms. The second kappa shape index (κ2) is 7.75. The number of ether oxygens (including phenoxy) is 1. The molecule has 6 heteroatoms. The van der Waals surface area contributed by atoms with Gasteiger partial charge in [0.1, 0.15) is 5.60 Å². The van der Waals surface area contributed by atoms with E-state index in [1.807, 2.05) is 20.8 Å². The van der Waals surface area contributed by atoms with Crippen molar-refractivity contribution in [3.63, 3.8) is 0 Å². The lowest BCUT2D eigenvalue weighted by Gasteiger charge is -2.19. The summed E-state index contributed by atoms with van der Waals surface area (Å²) in [6.45, 7) is 6.58. The number of hydrogen-bond donors (Lipinski definition) is 2. The van der Waals surface area contributed by atoms with Crippen molar-refractivity contribution in [3.8, 4) is 6.07 Å². The average Bonchev–Trinajstić information content (AvgIpc) is 2.38. The number of nitrogens with zero attached hydrogens (tertiary/aromatic N) is 1. The van der Waals surface area contributed by atoms with Gasteiger partial charge in [-0.3, -0.25) is 0 Å². The molecule has 5 nitrogen and oxygen atoms in total. The Morgan fingerprint density at radius 2 is 2.10 bits per heavy atom. The number of benzene rings is 1. The van der Waals surface area contributed by atoms with Crippen LogP contribution < -0.4 is 10.6 Å². The van der Waals surface area contributed by atoms with E-state index in [-0.39, 0.29) is 0 Å². The summed E-state index contributed by atoms with van der Waals surface area (Å²) >= 11 is 6.03. The van der Waals surface area contributed by atoms with E-state index in [1.54, 1.807) is 18.2 Å². The molecular weight excluding hydrogens is 290 g/mol. The van der Waals surface area contributed by atoms with Crippen molar-refractivity contribution in [3.05, 3.63) is 28.8 Å². The summed E-state index contributed by atoms with van der Waals surface area (Å²) in [5.41, 5.74) is 0.773. The molecule has 1 aromatic rings. The van der Waals surface area contributed by atoms with Gasteiger partial charge >= 0.3 is 6.09 Å². The number of rotatable bonds is 5. The van der Waals surface area contributed by atoms with Crippen LogP contribution in [0.15, 0.2) is 18.2 Å². The van der Waals surface area contributed by atoms with E-state index >= 15 is 0 Å². The van der Waals surface area contributed by atoms with Gasteiger partial charge in [0.15, 0.2) is 0 Å². The van der Waals surface area contributed by atoms with Gasteiger partial charge in [-0.15, -0.1) is 0 Å². The first-order valence-corrected chi connectivity index (χ1v) is 7.10. The second-order valence-electron chi connectivity index (χ2n) is 5.52. The number of halogens is 1. The standard InChI is InChI=1S/C15H20ClN3O2/c1-15(2,3)21-14(20)19-8-4-7-18-13-9-11(10-17)5-6-12(13)16/h5-6,9,18H,4,7-8H2,1-3H3,(H,19,20).